The average Bonchev–Trinajstić information content (AvgIpc) is 2.72. The summed E-state index contributed by atoms with van der Waals surface area (Å²) in [6.07, 6.45) is 1.46. The molecule has 0 amide bonds. The van der Waals surface area contributed by atoms with E-state index in [4.69, 9.17) is 10.5 Å². The number of nitrogen functional groups attached to an aromatic ring is 1. The van der Waals surface area contributed by atoms with Crippen LogP contribution in [-0.2, 0) is 4.74 Å². The van der Waals surface area contributed by atoms with E-state index in [0.29, 0.717) is 41.7 Å². The zero-order valence-electron chi connectivity index (χ0n) is 16.8. The first-order chi connectivity index (χ1) is 14.0. The van der Waals surface area contributed by atoms with Crippen molar-refractivity contribution in [2.24, 2.45) is 0 Å². The van der Waals surface area contributed by atoms with E-state index < -0.39 is 5.97 Å². The molecule has 3 rings (SSSR count). The number of hydrogen-bond donors (Lipinski definition) is 2. The highest BCUT2D eigenvalue weighted by atomic mass is 16.5. The Balaban J connectivity index is 1.97. The van der Waals surface area contributed by atoms with Crippen molar-refractivity contribution in [3.05, 3.63) is 66.0 Å². The minimum atomic E-state index is -0.404. The first-order valence-electron chi connectivity index (χ1n) is 9.53. The molecule has 0 saturated heterocycles. The van der Waals surface area contributed by atoms with Crippen LogP contribution in [0, 0.1) is 6.92 Å². The van der Waals surface area contributed by atoms with Gasteiger partial charge in [-0.05, 0) is 50.6 Å². The molecule has 0 radical (unpaired) electrons. The largest absolute Gasteiger partial charge is 0.462 e. The molecule has 2 aromatic carbocycles. The summed E-state index contributed by atoms with van der Waals surface area (Å²) in [5.41, 5.74) is 9.95. The summed E-state index contributed by atoms with van der Waals surface area (Å²) in [7, 11) is 0. The Kier molecular flexibility index (Phi) is 6.29. The molecule has 0 fully saturated rings. The second-order valence-electron chi connectivity index (χ2n) is 6.43. The Morgan fingerprint density at radius 3 is 2.66 bits per heavy atom. The van der Waals surface area contributed by atoms with Crippen LogP contribution in [-0.4, -0.2) is 29.1 Å². The number of carbonyl (C=O) groups excluding carboxylic acids is 1. The van der Waals surface area contributed by atoms with Crippen molar-refractivity contribution in [2.75, 3.05) is 29.1 Å². The van der Waals surface area contributed by atoms with Crippen molar-refractivity contribution in [3.8, 4) is 0 Å². The summed E-state index contributed by atoms with van der Waals surface area (Å²) in [5.74, 6) is 0.625. The number of ether oxygens (including phenoxy) is 1. The fraction of sp³-hybridized carbons (Fsp3) is 0.227. The minimum absolute atomic E-state index is 0.301. The lowest BCUT2D eigenvalue weighted by molar-refractivity contribution is 0.0527. The number of rotatable bonds is 7. The van der Waals surface area contributed by atoms with Crippen molar-refractivity contribution in [2.45, 2.75) is 20.8 Å². The summed E-state index contributed by atoms with van der Waals surface area (Å²) in [4.78, 5) is 23.0. The first kappa shape index (κ1) is 20.1. The highest BCUT2D eigenvalue weighted by Gasteiger charge is 2.18. The van der Waals surface area contributed by atoms with E-state index in [1.807, 2.05) is 43.0 Å². The van der Waals surface area contributed by atoms with Gasteiger partial charge >= 0.3 is 5.97 Å². The van der Waals surface area contributed by atoms with Crippen LogP contribution in [0.5, 0.6) is 0 Å². The van der Waals surface area contributed by atoms with E-state index in [2.05, 4.69) is 21.4 Å². The quantitative estimate of drug-likeness (QED) is 0.575. The molecule has 7 nitrogen and oxygen atoms in total. The van der Waals surface area contributed by atoms with Gasteiger partial charge in [0.2, 0.25) is 0 Å². The van der Waals surface area contributed by atoms with Crippen LogP contribution in [0.4, 0.5) is 28.7 Å². The van der Waals surface area contributed by atoms with Gasteiger partial charge in [0.1, 0.15) is 12.0 Å². The third kappa shape index (κ3) is 4.45. The Morgan fingerprint density at radius 1 is 1.14 bits per heavy atom. The summed E-state index contributed by atoms with van der Waals surface area (Å²) < 4.78 is 5.13. The predicted octanol–water partition coefficient (Wildman–Crippen LogP) is 4.45. The first-order valence-corrected chi connectivity index (χ1v) is 9.53. The molecule has 7 heteroatoms. The van der Waals surface area contributed by atoms with Crippen molar-refractivity contribution in [3.63, 3.8) is 0 Å². The van der Waals surface area contributed by atoms with Gasteiger partial charge in [0.25, 0.3) is 0 Å². The highest BCUT2D eigenvalue weighted by Crippen LogP contribution is 2.33. The highest BCUT2D eigenvalue weighted by molar-refractivity contribution is 5.97. The van der Waals surface area contributed by atoms with Crippen LogP contribution in [0.15, 0.2) is 54.9 Å². The maximum absolute atomic E-state index is 12.2. The van der Waals surface area contributed by atoms with Gasteiger partial charge in [0.15, 0.2) is 11.6 Å². The Hall–Kier alpha value is -3.61. The Labute approximate surface area is 170 Å². The number of nitrogens with two attached hydrogens (primary N) is 1. The van der Waals surface area contributed by atoms with Gasteiger partial charge in [0, 0.05) is 12.2 Å². The van der Waals surface area contributed by atoms with Crippen molar-refractivity contribution in [1.82, 2.24) is 9.97 Å². The molecule has 0 spiro atoms. The number of nitrogens with one attached hydrogen (secondary N) is 1. The SMILES string of the molecule is CCOC(=O)c1ccccc1Nc1ncnc(N(CC)c2cccc(C)c2)c1N. The second-order valence-corrected chi connectivity index (χ2v) is 6.43. The molecule has 150 valence electrons. The lowest BCUT2D eigenvalue weighted by Crippen LogP contribution is -2.20. The normalized spacial score (nSPS) is 10.4. The van der Waals surface area contributed by atoms with Crippen LogP contribution in [0.25, 0.3) is 0 Å². The molecule has 0 atom stereocenters. The lowest BCUT2D eigenvalue weighted by Gasteiger charge is -2.24. The van der Waals surface area contributed by atoms with Gasteiger partial charge in [0.05, 0.1) is 17.9 Å². The molecule has 0 aliphatic rings. The van der Waals surface area contributed by atoms with Crippen LogP contribution < -0.4 is 16.0 Å². The van der Waals surface area contributed by atoms with E-state index in [1.165, 1.54) is 6.33 Å². The number of hydrogen-bond acceptors (Lipinski definition) is 7. The number of carbonyl (C=O) groups is 1. The average molecular weight is 391 g/mol. The summed E-state index contributed by atoms with van der Waals surface area (Å²) >= 11 is 0. The summed E-state index contributed by atoms with van der Waals surface area (Å²) in [6, 6.07) is 15.2. The zero-order chi connectivity index (χ0) is 20.8. The van der Waals surface area contributed by atoms with Gasteiger partial charge in [-0.1, -0.05) is 24.3 Å². The van der Waals surface area contributed by atoms with Crippen molar-refractivity contribution in [1.29, 1.82) is 0 Å². The zero-order valence-corrected chi connectivity index (χ0v) is 16.8. The molecule has 0 aliphatic carbocycles. The monoisotopic (exact) mass is 391 g/mol. The molecule has 3 aromatic rings. The van der Waals surface area contributed by atoms with Crippen LogP contribution in [0.2, 0.25) is 0 Å². The number of aryl methyl sites for hydroxylation is 1. The van der Waals surface area contributed by atoms with E-state index in [1.54, 1.807) is 25.1 Å². The standard InChI is InChI=1S/C22H25N5O2/c1-4-27(16-10-8-9-15(3)13-16)21-19(23)20(24-14-25-21)26-18-12-7-6-11-17(18)22(28)29-5-2/h6-14H,4-5,23H2,1-3H3,(H,24,25,26). The van der Waals surface area contributed by atoms with E-state index in [0.717, 1.165) is 11.3 Å². The fourth-order valence-electron chi connectivity index (χ4n) is 3.06. The molecule has 0 aliphatic heterocycles. The lowest BCUT2D eigenvalue weighted by atomic mass is 10.1. The van der Waals surface area contributed by atoms with Gasteiger partial charge < -0.3 is 20.7 Å². The number of anilines is 5. The van der Waals surface area contributed by atoms with Crippen LogP contribution in [0.3, 0.4) is 0 Å². The number of nitrogens with zero attached hydrogens (tertiary/aromatic N) is 3. The van der Waals surface area contributed by atoms with Crippen LogP contribution >= 0.6 is 0 Å². The number of esters is 1. The Morgan fingerprint density at radius 2 is 1.93 bits per heavy atom. The molecule has 0 unspecified atom stereocenters. The molecule has 0 bridgehead atoms. The number of aromatic nitrogens is 2. The summed E-state index contributed by atoms with van der Waals surface area (Å²) in [6.45, 7) is 6.83. The molecular weight excluding hydrogens is 366 g/mol. The molecule has 0 saturated carbocycles. The maximum Gasteiger partial charge on any atom is 0.340 e. The Bertz CT molecular complexity index is 1010. The topological polar surface area (TPSA) is 93.4 Å². The van der Waals surface area contributed by atoms with E-state index in [-0.39, 0.29) is 0 Å². The van der Waals surface area contributed by atoms with Gasteiger partial charge in [-0.2, -0.15) is 0 Å². The predicted molar refractivity (Wildman–Crippen MR) is 116 cm³/mol. The van der Waals surface area contributed by atoms with E-state index >= 15 is 0 Å². The van der Waals surface area contributed by atoms with Crippen LogP contribution in [0.1, 0.15) is 29.8 Å². The molecule has 1 aromatic heterocycles. The minimum Gasteiger partial charge on any atom is -0.462 e. The number of para-hydroxylation sites is 1. The smallest absolute Gasteiger partial charge is 0.340 e. The molecule has 1 heterocycles. The maximum atomic E-state index is 12.2. The molecule has 3 N–H and O–H groups in total. The van der Waals surface area contributed by atoms with Gasteiger partial charge in [-0.3, -0.25) is 0 Å². The third-order valence-corrected chi connectivity index (χ3v) is 4.42. The second kappa shape index (κ2) is 9.05. The number of benzene rings is 2. The summed E-state index contributed by atoms with van der Waals surface area (Å²) in [5, 5.41) is 3.16. The van der Waals surface area contributed by atoms with Gasteiger partial charge in [-0.25, -0.2) is 14.8 Å². The van der Waals surface area contributed by atoms with Crippen molar-refractivity contribution < 1.29 is 9.53 Å². The van der Waals surface area contributed by atoms with Crippen molar-refractivity contribution >= 4 is 34.7 Å². The van der Waals surface area contributed by atoms with E-state index in [9.17, 15) is 4.79 Å². The van der Waals surface area contributed by atoms with Gasteiger partial charge in [-0.15, -0.1) is 0 Å². The fourth-order valence-corrected chi connectivity index (χ4v) is 3.06. The molecular formula is C22H25N5O2. The third-order valence-electron chi connectivity index (χ3n) is 4.42. The molecule has 29 heavy (non-hydrogen) atoms.